The highest BCUT2D eigenvalue weighted by Crippen LogP contribution is 2.32. The zero-order valence-corrected chi connectivity index (χ0v) is 13.2. The van der Waals surface area contributed by atoms with E-state index in [2.05, 4.69) is 43.4 Å². The first-order valence-corrected chi connectivity index (χ1v) is 7.81. The third-order valence-corrected chi connectivity index (χ3v) is 4.52. The second-order valence-electron chi connectivity index (χ2n) is 5.85. The van der Waals surface area contributed by atoms with Crippen LogP contribution in [-0.2, 0) is 4.74 Å². The van der Waals surface area contributed by atoms with Crippen molar-refractivity contribution >= 4 is 12.6 Å². The minimum absolute atomic E-state index is 0.378. The van der Waals surface area contributed by atoms with Gasteiger partial charge in [0.15, 0.2) is 0 Å². The molecular formula is C14H30N2OS. The van der Waals surface area contributed by atoms with E-state index in [-0.39, 0.29) is 0 Å². The molecule has 0 spiro atoms. The number of likely N-dealkylation sites (N-methyl/N-ethyl adjacent to an activating group) is 1. The second-order valence-corrected chi connectivity index (χ2v) is 6.17. The lowest BCUT2D eigenvalue weighted by atomic mass is 9.81. The highest BCUT2D eigenvalue weighted by atomic mass is 32.1. The van der Waals surface area contributed by atoms with Crippen molar-refractivity contribution in [1.82, 2.24) is 9.80 Å². The molecule has 0 saturated carbocycles. The number of hydrogen-bond donors (Lipinski definition) is 1. The van der Waals surface area contributed by atoms with E-state index in [1.165, 1.54) is 32.4 Å². The Morgan fingerprint density at radius 3 is 2.28 bits per heavy atom. The minimum Gasteiger partial charge on any atom is -0.381 e. The van der Waals surface area contributed by atoms with Gasteiger partial charge in [-0.15, -0.1) is 0 Å². The van der Waals surface area contributed by atoms with Crippen LogP contribution in [0.1, 0.15) is 26.2 Å². The summed E-state index contributed by atoms with van der Waals surface area (Å²) < 4.78 is 5.51. The second kappa shape index (κ2) is 8.41. The van der Waals surface area contributed by atoms with E-state index in [0.29, 0.717) is 5.41 Å². The van der Waals surface area contributed by atoms with Crippen molar-refractivity contribution in [3.8, 4) is 0 Å². The molecule has 1 fully saturated rings. The van der Waals surface area contributed by atoms with Gasteiger partial charge in [-0.05, 0) is 51.1 Å². The molecule has 0 aliphatic carbocycles. The SMILES string of the molecule is CCCN(CCN(C)C)CC1(CS)CCOCC1. The summed E-state index contributed by atoms with van der Waals surface area (Å²) in [4.78, 5) is 4.88. The molecule has 0 aromatic carbocycles. The van der Waals surface area contributed by atoms with E-state index in [1.807, 2.05) is 0 Å². The van der Waals surface area contributed by atoms with Crippen LogP contribution >= 0.6 is 12.6 Å². The first-order chi connectivity index (χ1) is 8.62. The van der Waals surface area contributed by atoms with Crippen molar-refractivity contribution in [2.24, 2.45) is 5.41 Å². The van der Waals surface area contributed by atoms with Crippen LogP contribution in [0.2, 0.25) is 0 Å². The van der Waals surface area contributed by atoms with E-state index < -0.39 is 0 Å². The van der Waals surface area contributed by atoms with E-state index in [1.54, 1.807) is 0 Å². The predicted octanol–water partition coefficient (Wildman–Crippen LogP) is 1.99. The maximum Gasteiger partial charge on any atom is 0.0472 e. The molecule has 1 heterocycles. The third kappa shape index (κ3) is 5.47. The summed E-state index contributed by atoms with van der Waals surface area (Å²) in [5.74, 6) is 0.985. The molecule has 108 valence electrons. The fourth-order valence-electron chi connectivity index (χ4n) is 2.57. The van der Waals surface area contributed by atoms with Crippen LogP contribution in [0, 0.1) is 5.41 Å². The standard InChI is InChI=1S/C14H30N2OS/c1-4-7-16(9-8-15(2)3)12-14(13-18)5-10-17-11-6-14/h18H,4-13H2,1-3H3. The normalized spacial score (nSPS) is 19.7. The predicted molar refractivity (Wildman–Crippen MR) is 81.6 cm³/mol. The molecule has 0 unspecified atom stereocenters. The number of rotatable bonds is 8. The molecule has 3 nitrogen and oxygen atoms in total. The number of nitrogens with zero attached hydrogens (tertiary/aromatic N) is 2. The van der Waals surface area contributed by atoms with Crippen molar-refractivity contribution in [3.63, 3.8) is 0 Å². The Balaban J connectivity index is 2.50. The molecule has 18 heavy (non-hydrogen) atoms. The smallest absolute Gasteiger partial charge is 0.0472 e. The zero-order valence-electron chi connectivity index (χ0n) is 12.3. The van der Waals surface area contributed by atoms with Crippen molar-refractivity contribution in [1.29, 1.82) is 0 Å². The highest BCUT2D eigenvalue weighted by molar-refractivity contribution is 7.80. The van der Waals surface area contributed by atoms with Gasteiger partial charge in [-0.2, -0.15) is 12.6 Å². The fourth-order valence-corrected chi connectivity index (χ4v) is 2.99. The molecule has 0 bridgehead atoms. The summed E-state index contributed by atoms with van der Waals surface area (Å²) in [5, 5.41) is 0. The van der Waals surface area contributed by atoms with Crippen LogP contribution in [0.5, 0.6) is 0 Å². The Kier molecular flexibility index (Phi) is 7.61. The molecule has 4 heteroatoms. The first-order valence-electron chi connectivity index (χ1n) is 7.17. The Labute approximate surface area is 118 Å². The van der Waals surface area contributed by atoms with Crippen molar-refractivity contribution in [2.75, 3.05) is 59.2 Å². The maximum atomic E-state index is 5.51. The minimum atomic E-state index is 0.378. The molecular weight excluding hydrogens is 244 g/mol. The summed E-state index contributed by atoms with van der Waals surface area (Å²) in [7, 11) is 4.29. The molecule has 1 aliphatic heterocycles. The maximum absolute atomic E-state index is 5.51. The molecule has 0 aromatic rings. The summed E-state index contributed by atoms with van der Waals surface area (Å²) in [6.07, 6.45) is 3.56. The molecule has 1 saturated heterocycles. The van der Waals surface area contributed by atoms with E-state index in [4.69, 9.17) is 4.74 Å². The monoisotopic (exact) mass is 274 g/mol. The van der Waals surface area contributed by atoms with Crippen LogP contribution in [0.15, 0.2) is 0 Å². The lowest BCUT2D eigenvalue weighted by molar-refractivity contribution is 0.00695. The van der Waals surface area contributed by atoms with Gasteiger partial charge in [0.1, 0.15) is 0 Å². The quantitative estimate of drug-likeness (QED) is 0.682. The molecule has 1 aliphatic rings. The van der Waals surface area contributed by atoms with Crippen LogP contribution in [0.4, 0.5) is 0 Å². The van der Waals surface area contributed by atoms with Gasteiger partial charge in [0.25, 0.3) is 0 Å². The number of thiol groups is 1. The van der Waals surface area contributed by atoms with Gasteiger partial charge in [-0.25, -0.2) is 0 Å². The van der Waals surface area contributed by atoms with Crippen LogP contribution < -0.4 is 0 Å². The Bertz CT molecular complexity index is 218. The van der Waals surface area contributed by atoms with Gasteiger partial charge in [0.05, 0.1) is 0 Å². The molecule has 1 rings (SSSR count). The Morgan fingerprint density at radius 1 is 1.11 bits per heavy atom. The molecule has 0 N–H and O–H groups in total. The van der Waals surface area contributed by atoms with Gasteiger partial charge >= 0.3 is 0 Å². The van der Waals surface area contributed by atoms with Crippen LogP contribution in [-0.4, -0.2) is 69.0 Å². The molecule has 0 amide bonds. The Morgan fingerprint density at radius 2 is 1.78 bits per heavy atom. The summed E-state index contributed by atoms with van der Waals surface area (Å²) in [6, 6.07) is 0. The van der Waals surface area contributed by atoms with Gasteiger partial charge in [-0.3, -0.25) is 0 Å². The van der Waals surface area contributed by atoms with Gasteiger partial charge in [0.2, 0.25) is 0 Å². The van der Waals surface area contributed by atoms with Gasteiger partial charge in [0, 0.05) is 32.8 Å². The lowest BCUT2D eigenvalue weighted by Crippen LogP contribution is -2.45. The highest BCUT2D eigenvalue weighted by Gasteiger charge is 2.32. The van der Waals surface area contributed by atoms with Crippen LogP contribution in [0.3, 0.4) is 0 Å². The summed E-state index contributed by atoms with van der Waals surface area (Å²) in [5.41, 5.74) is 0.378. The van der Waals surface area contributed by atoms with Gasteiger partial charge in [-0.1, -0.05) is 6.92 Å². The van der Waals surface area contributed by atoms with Crippen LogP contribution in [0.25, 0.3) is 0 Å². The number of hydrogen-bond acceptors (Lipinski definition) is 4. The number of ether oxygens (including phenoxy) is 1. The van der Waals surface area contributed by atoms with E-state index in [0.717, 1.165) is 32.1 Å². The average molecular weight is 274 g/mol. The fraction of sp³-hybridized carbons (Fsp3) is 1.00. The third-order valence-electron chi connectivity index (χ3n) is 3.85. The molecule has 0 atom stereocenters. The van der Waals surface area contributed by atoms with E-state index in [9.17, 15) is 0 Å². The first kappa shape index (κ1) is 16.3. The molecule has 0 aromatic heterocycles. The molecule has 0 radical (unpaired) electrons. The lowest BCUT2D eigenvalue weighted by Gasteiger charge is -2.40. The summed E-state index contributed by atoms with van der Waals surface area (Å²) in [6.45, 7) is 8.77. The van der Waals surface area contributed by atoms with Crippen molar-refractivity contribution in [3.05, 3.63) is 0 Å². The van der Waals surface area contributed by atoms with Gasteiger partial charge < -0.3 is 14.5 Å². The van der Waals surface area contributed by atoms with Crippen molar-refractivity contribution in [2.45, 2.75) is 26.2 Å². The van der Waals surface area contributed by atoms with E-state index >= 15 is 0 Å². The topological polar surface area (TPSA) is 15.7 Å². The average Bonchev–Trinajstić information content (AvgIpc) is 2.37. The largest absolute Gasteiger partial charge is 0.381 e. The van der Waals surface area contributed by atoms with Crippen molar-refractivity contribution < 1.29 is 4.74 Å². The zero-order chi connectivity index (χ0) is 13.4. The Hall–Kier alpha value is 0.230. The summed E-state index contributed by atoms with van der Waals surface area (Å²) >= 11 is 4.61.